The Morgan fingerprint density at radius 1 is 1.10 bits per heavy atom. The van der Waals surface area contributed by atoms with Crippen LogP contribution in [0.4, 0.5) is 0 Å². The Labute approximate surface area is 128 Å². The molecule has 21 heavy (non-hydrogen) atoms. The van der Waals surface area contributed by atoms with Gasteiger partial charge in [0.1, 0.15) is 6.10 Å². The van der Waals surface area contributed by atoms with E-state index in [1.807, 2.05) is 0 Å². The van der Waals surface area contributed by atoms with Gasteiger partial charge in [-0.1, -0.05) is 33.1 Å². The van der Waals surface area contributed by atoms with Gasteiger partial charge in [-0.25, -0.2) is 0 Å². The summed E-state index contributed by atoms with van der Waals surface area (Å²) < 4.78 is 10.6. The highest BCUT2D eigenvalue weighted by Gasteiger charge is 2.20. The fourth-order valence-corrected chi connectivity index (χ4v) is 2.64. The van der Waals surface area contributed by atoms with Crippen molar-refractivity contribution in [3.8, 4) is 0 Å². The predicted molar refractivity (Wildman–Crippen MR) is 81.8 cm³/mol. The lowest BCUT2D eigenvalue weighted by Gasteiger charge is -2.15. The normalized spacial score (nSPS) is 16.7. The first-order valence-corrected chi connectivity index (χ1v) is 8.50. The second kappa shape index (κ2) is 10.6. The summed E-state index contributed by atoms with van der Waals surface area (Å²) in [5, 5.41) is 0. The van der Waals surface area contributed by atoms with Gasteiger partial charge in [0, 0.05) is 0 Å². The number of hydrogen-bond donors (Lipinski definition) is 0. The minimum absolute atomic E-state index is 0.0760. The molecule has 1 aliphatic rings. The van der Waals surface area contributed by atoms with Crippen LogP contribution in [0.1, 0.15) is 78.1 Å². The summed E-state index contributed by atoms with van der Waals surface area (Å²) in [5.74, 6) is -0.107. The molecule has 0 aromatic carbocycles. The Morgan fingerprint density at radius 3 is 2.38 bits per heavy atom. The lowest BCUT2D eigenvalue weighted by atomic mass is 10.0. The molecule has 0 heterocycles. The molecule has 0 aromatic rings. The molecule has 0 N–H and O–H groups in total. The highest BCUT2D eigenvalue weighted by atomic mass is 16.5. The molecule has 1 aliphatic carbocycles. The van der Waals surface area contributed by atoms with E-state index in [0.29, 0.717) is 12.5 Å². The smallest absolute Gasteiger partial charge is 0.306 e. The zero-order valence-electron chi connectivity index (χ0n) is 13.6. The molecule has 0 spiro atoms. The maximum Gasteiger partial charge on any atom is 0.306 e. The number of carbonyl (C=O) groups excluding carboxylic acids is 2. The first kappa shape index (κ1) is 18.0. The Bertz CT molecular complexity index is 308. The van der Waals surface area contributed by atoms with Crippen molar-refractivity contribution < 1.29 is 19.1 Å². The molecule has 1 saturated carbocycles. The average Bonchev–Trinajstić information content (AvgIpc) is 2.98. The van der Waals surface area contributed by atoms with E-state index >= 15 is 0 Å². The van der Waals surface area contributed by atoms with Gasteiger partial charge in [0.25, 0.3) is 0 Å². The molecule has 0 saturated heterocycles. The first-order chi connectivity index (χ1) is 10.2. The van der Waals surface area contributed by atoms with Gasteiger partial charge in [0.2, 0.25) is 0 Å². The third-order valence-corrected chi connectivity index (χ3v) is 4.16. The van der Waals surface area contributed by atoms with Crippen LogP contribution in [0.25, 0.3) is 0 Å². The lowest BCUT2D eigenvalue weighted by molar-refractivity contribution is -0.154. The van der Waals surface area contributed by atoms with Crippen molar-refractivity contribution in [3.05, 3.63) is 0 Å². The summed E-state index contributed by atoms with van der Waals surface area (Å²) in [4.78, 5) is 23.3. The minimum Gasteiger partial charge on any atom is -0.465 e. The predicted octanol–water partition coefficient (Wildman–Crippen LogP) is 4.01. The van der Waals surface area contributed by atoms with Crippen molar-refractivity contribution in [1.82, 2.24) is 0 Å². The van der Waals surface area contributed by atoms with Crippen LogP contribution >= 0.6 is 0 Å². The van der Waals surface area contributed by atoms with Crippen LogP contribution in [-0.4, -0.2) is 24.6 Å². The third-order valence-electron chi connectivity index (χ3n) is 4.16. The zero-order chi connectivity index (χ0) is 15.5. The third kappa shape index (κ3) is 8.08. The van der Waals surface area contributed by atoms with E-state index in [2.05, 4.69) is 13.8 Å². The van der Waals surface area contributed by atoms with Gasteiger partial charge in [-0.15, -0.1) is 0 Å². The van der Waals surface area contributed by atoms with Crippen LogP contribution < -0.4 is 0 Å². The summed E-state index contributed by atoms with van der Waals surface area (Å²) in [5.41, 5.74) is 0. The summed E-state index contributed by atoms with van der Waals surface area (Å²) in [6.45, 7) is 4.76. The van der Waals surface area contributed by atoms with Crippen molar-refractivity contribution in [2.24, 2.45) is 5.92 Å². The van der Waals surface area contributed by atoms with Crippen LogP contribution in [0.2, 0.25) is 0 Å². The van der Waals surface area contributed by atoms with Crippen molar-refractivity contribution in [2.75, 3.05) is 6.61 Å². The molecule has 1 atom stereocenters. The molecule has 1 unspecified atom stereocenters. The number of carbonyl (C=O) groups is 2. The maximum absolute atomic E-state index is 11.6. The van der Waals surface area contributed by atoms with Crippen molar-refractivity contribution >= 4 is 11.9 Å². The van der Waals surface area contributed by atoms with Crippen molar-refractivity contribution in [2.45, 2.75) is 84.2 Å². The minimum atomic E-state index is -0.284. The molecule has 0 amide bonds. The second-order valence-corrected chi connectivity index (χ2v) is 6.00. The molecule has 1 rings (SSSR count). The number of rotatable bonds is 10. The molecule has 4 heteroatoms. The van der Waals surface area contributed by atoms with E-state index in [1.165, 1.54) is 6.42 Å². The van der Waals surface area contributed by atoms with E-state index in [9.17, 15) is 9.59 Å². The van der Waals surface area contributed by atoms with Gasteiger partial charge >= 0.3 is 11.9 Å². The van der Waals surface area contributed by atoms with Crippen LogP contribution in [0, 0.1) is 5.92 Å². The Balaban J connectivity index is 2.10. The van der Waals surface area contributed by atoms with Gasteiger partial charge in [-0.05, 0) is 38.0 Å². The largest absolute Gasteiger partial charge is 0.465 e. The fraction of sp³-hybridized carbons (Fsp3) is 0.882. The molecular weight excluding hydrogens is 268 g/mol. The fourth-order valence-electron chi connectivity index (χ4n) is 2.64. The number of ether oxygens (including phenoxy) is 2. The second-order valence-electron chi connectivity index (χ2n) is 6.00. The monoisotopic (exact) mass is 298 g/mol. The Hall–Kier alpha value is -1.06. The van der Waals surface area contributed by atoms with Gasteiger partial charge in [-0.2, -0.15) is 0 Å². The number of unbranched alkanes of at least 4 members (excludes halogenated alkanes) is 1. The summed E-state index contributed by atoms with van der Waals surface area (Å²) in [7, 11) is 0. The summed E-state index contributed by atoms with van der Waals surface area (Å²) in [6, 6.07) is 0. The Morgan fingerprint density at radius 2 is 1.76 bits per heavy atom. The highest BCUT2D eigenvalue weighted by Crippen LogP contribution is 2.21. The quantitative estimate of drug-likeness (QED) is 0.572. The number of hydrogen-bond acceptors (Lipinski definition) is 4. The zero-order valence-corrected chi connectivity index (χ0v) is 13.6. The molecule has 0 bridgehead atoms. The van der Waals surface area contributed by atoms with Gasteiger partial charge in [0.15, 0.2) is 0 Å². The van der Waals surface area contributed by atoms with E-state index in [4.69, 9.17) is 9.47 Å². The van der Waals surface area contributed by atoms with Gasteiger partial charge in [0.05, 0.1) is 19.4 Å². The SMILES string of the molecule is CCCCC(CC)COC(=O)CCC(=O)OC1CCCC1. The summed E-state index contributed by atoms with van der Waals surface area (Å²) >= 11 is 0. The molecule has 0 aromatic heterocycles. The molecule has 4 nitrogen and oxygen atoms in total. The molecule has 0 radical (unpaired) electrons. The van der Waals surface area contributed by atoms with E-state index in [0.717, 1.165) is 44.9 Å². The van der Waals surface area contributed by atoms with E-state index < -0.39 is 0 Å². The van der Waals surface area contributed by atoms with E-state index in [-0.39, 0.29) is 30.9 Å². The topological polar surface area (TPSA) is 52.6 Å². The molecule has 0 aliphatic heterocycles. The van der Waals surface area contributed by atoms with Crippen LogP contribution in [-0.2, 0) is 19.1 Å². The molecule has 1 fully saturated rings. The standard InChI is InChI=1S/C17H30O4/c1-3-5-8-14(4-2)13-20-16(18)11-12-17(19)21-15-9-6-7-10-15/h14-15H,3-13H2,1-2H3. The first-order valence-electron chi connectivity index (χ1n) is 8.50. The maximum atomic E-state index is 11.6. The van der Waals surface area contributed by atoms with Gasteiger partial charge in [-0.3, -0.25) is 9.59 Å². The van der Waals surface area contributed by atoms with Crippen LogP contribution in [0.15, 0.2) is 0 Å². The van der Waals surface area contributed by atoms with Crippen molar-refractivity contribution in [1.29, 1.82) is 0 Å². The molecular formula is C17H30O4. The summed E-state index contributed by atoms with van der Waals surface area (Å²) in [6.07, 6.45) is 9.01. The van der Waals surface area contributed by atoms with E-state index in [1.54, 1.807) is 0 Å². The van der Waals surface area contributed by atoms with Crippen molar-refractivity contribution in [3.63, 3.8) is 0 Å². The van der Waals surface area contributed by atoms with Crippen LogP contribution in [0.5, 0.6) is 0 Å². The lowest BCUT2D eigenvalue weighted by Crippen LogP contribution is -2.18. The van der Waals surface area contributed by atoms with Gasteiger partial charge < -0.3 is 9.47 Å². The number of esters is 2. The average molecular weight is 298 g/mol. The highest BCUT2D eigenvalue weighted by molar-refractivity contribution is 5.77. The van der Waals surface area contributed by atoms with Crippen LogP contribution in [0.3, 0.4) is 0 Å². The Kier molecular flexibility index (Phi) is 9.11. The molecule has 122 valence electrons.